The summed E-state index contributed by atoms with van der Waals surface area (Å²) in [5.74, 6) is -1.23. The predicted octanol–water partition coefficient (Wildman–Crippen LogP) is 5.90. The van der Waals surface area contributed by atoms with Gasteiger partial charge < -0.3 is 25.8 Å². The van der Waals surface area contributed by atoms with Crippen LogP contribution in [0.3, 0.4) is 0 Å². The molecule has 0 fully saturated rings. The normalized spacial score (nSPS) is 20.7. The van der Waals surface area contributed by atoms with Crippen LogP contribution in [0.5, 0.6) is 11.5 Å². The first-order chi connectivity index (χ1) is 14.3. The number of phosphoric acid groups is 1. The largest absolute Gasteiger partial charge is 0.756 e. The number of rotatable bonds is 10. The van der Waals surface area contributed by atoms with Crippen molar-refractivity contribution in [2.24, 2.45) is 5.92 Å². The number of phenols is 1. The van der Waals surface area contributed by atoms with Crippen molar-refractivity contribution in [1.82, 2.24) is 6.15 Å². The average Bonchev–Trinajstić information content (AvgIpc) is 2.58. The van der Waals surface area contributed by atoms with Gasteiger partial charge >= 0.3 is 0 Å². The first-order valence-electron chi connectivity index (χ1n) is 10.9. The molecule has 1 aromatic carbocycles. The lowest BCUT2D eigenvalue weighted by Crippen LogP contribution is -2.33. The summed E-state index contributed by atoms with van der Waals surface area (Å²) < 4.78 is 22.1. The Labute approximate surface area is 192 Å². The molecule has 1 aliphatic carbocycles. The Morgan fingerprint density at radius 2 is 2.00 bits per heavy atom. The van der Waals surface area contributed by atoms with E-state index in [9.17, 15) is 19.5 Å². The molecule has 182 valence electrons. The molecular weight excluding hydrogens is 429 g/mol. The lowest BCUT2D eigenvalue weighted by Gasteiger charge is -2.35. The van der Waals surface area contributed by atoms with Crippen LogP contribution in [0.1, 0.15) is 83.8 Å². The van der Waals surface area contributed by atoms with Gasteiger partial charge in [0.05, 0.1) is 0 Å². The molecule has 0 amide bonds. The second-order valence-corrected chi connectivity index (χ2v) is 10.2. The molecule has 7 nitrogen and oxygen atoms in total. The van der Waals surface area contributed by atoms with Gasteiger partial charge in [0, 0.05) is 25.3 Å². The van der Waals surface area contributed by atoms with E-state index in [1.165, 1.54) is 19.4 Å². The maximum Gasteiger partial charge on any atom is 0.268 e. The second kappa shape index (κ2) is 11.5. The molecule has 0 radical (unpaired) electrons. The average molecular weight is 469 g/mol. The molecule has 0 saturated heterocycles. The van der Waals surface area contributed by atoms with Crippen LogP contribution in [-0.2, 0) is 15.5 Å². The van der Waals surface area contributed by atoms with Crippen LogP contribution < -0.4 is 15.8 Å². The van der Waals surface area contributed by atoms with E-state index in [2.05, 4.69) is 26.5 Å². The number of aromatic hydroxyl groups is 1. The van der Waals surface area contributed by atoms with Crippen molar-refractivity contribution in [1.29, 1.82) is 0 Å². The summed E-state index contributed by atoms with van der Waals surface area (Å²) in [6, 6.07) is 3.61. The molecule has 1 aliphatic rings. The third kappa shape index (κ3) is 8.05. The van der Waals surface area contributed by atoms with Gasteiger partial charge in [-0.3, -0.25) is 9.09 Å². The first-order valence-corrected chi connectivity index (χ1v) is 12.4. The Hall–Kier alpha value is -1.63. The van der Waals surface area contributed by atoms with Gasteiger partial charge in [0.2, 0.25) is 5.79 Å². The molecule has 3 unspecified atom stereocenters. The molecule has 3 atom stereocenters. The quantitative estimate of drug-likeness (QED) is 0.168. The zero-order valence-electron chi connectivity index (χ0n) is 20.0. The molecular formula is C24H39NO6P-. The molecule has 0 aromatic heterocycles. The topological polar surface area (TPSA) is 134 Å². The third-order valence-electron chi connectivity index (χ3n) is 5.65. The highest BCUT2D eigenvalue weighted by molar-refractivity contribution is 7.44. The van der Waals surface area contributed by atoms with Crippen molar-refractivity contribution in [3.63, 3.8) is 0 Å². The summed E-state index contributed by atoms with van der Waals surface area (Å²) in [7, 11) is -5.02. The van der Waals surface area contributed by atoms with E-state index in [0.29, 0.717) is 11.3 Å². The molecule has 2 rings (SSSR count). The molecule has 0 heterocycles. The molecule has 32 heavy (non-hydrogen) atoms. The number of unbranched alkanes of at least 4 members (excludes halogenated alkanes) is 2. The highest BCUT2D eigenvalue weighted by atomic mass is 31.2. The minimum atomic E-state index is -5.02. The fourth-order valence-corrected chi connectivity index (χ4v) is 4.87. The zero-order chi connectivity index (χ0) is 23.4. The van der Waals surface area contributed by atoms with E-state index >= 15 is 0 Å². The van der Waals surface area contributed by atoms with E-state index in [1.807, 2.05) is 13.0 Å². The molecule has 0 saturated carbocycles. The minimum Gasteiger partial charge on any atom is -0.756 e. The summed E-state index contributed by atoms with van der Waals surface area (Å²) in [6.07, 6.45) is 7.88. The number of benzene rings is 1. The number of hydrogen-bond acceptors (Lipinski definition) is 6. The minimum absolute atomic E-state index is 0. The fourth-order valence-electron chi connectivity index (χ4n) is 4.28. The predicted molar refractivity (Wildman–Crippen MR) is 126 cm³/mol. The summed E-state index contributed by atoms with van der Waals surface area (Å²) in [6.45, 7) is 13.1. The van der Waals surface area contributed by atoms with Crippen molar-refractivity contribution >= 4 is 7.82 Å². The highest BCUT2D eigenvalue weighted by Gasteiger charge is 2.33. The standard InChI is InChI=1S/C24H37O6P.H3N/c1-7-8-9-10-18-14-21(25)23(20-13-17(4)11-12-19(20)16(2)3)22(15-18)29-24(5,6)30-31(26,27)28;/h13-15,19-20,25H,2,7-12H2,1,3-6H3,(H2,26,27,28);1H3/p-1. The van der Waals surface area contributed by atoms with Gasteiger partial charge in [-0.25, -0.2) is 0 Å². The van der Waals surface area contributed by atoms with Gasteiger partial charge in [-0.05, 0) is 63.1 Å². The molecule has 0 spiro atoms. The van der Waals surface area contributed by atoms with Crippen molar-refractivity contribution < 1.29 is 28.7 Å². The van der Waals surface area contributed by atoms with Crippen LogP contribution in [0.25, 0.3) is 0 Å². The van der Waals surface area contributed by atoms with Gasteiger partial charge in [-0.15, -0.1) is 0 Å². The van der Waals surface area contributed by atoms with E-state index < -0.39 is 13.6 Å². The summed E-state index contributed by atoms with van der Waals surface area (Å²) >= 11 is 0. The highest BCUT2D eigenvalue weighted by Crippen LogP contribution is 2.48. The van der Waals surface area contributed by atoms with Gasteiger partial charge in [-0.1, -0.05) is 43.6 Å². The summed E-state index contributed by atoms with van der Waals surface area (Å²) in [5.41, 5.74) is 3.72. The van der Waals surface area contributed by atoms with Crippen molar-refractivity contribution in [3.8, 4) is 11.5 Å². The van der Waals surface area contributed by atoms with E-state index in [0.717, 1.165) is 49.7 Å². The Bertz CT molecular complexity index is 873. The Kier molecular flexibility index (Phi) is 10.2. The van der Waals surface area contributed by atoms with Crippen LogP contribution in [0.4, 0.5) is 0 Å². The van der Waals surface area contributed by atoms with E-state index in [1.54, 1.807) is 6.07 Å². The van der Waals surface area contributed by atoms with Crippen molar-refractivity contribution in [2.45, 2.75) is 84.8 Å². The van der Waals surface area contributed by atoms with Crippen molar-refractivity contribution in [2.75, 3.05) is 0 Å². The van der Waals surface area contributed by atoms with Gasteiger partial charge in [0.1, 0.15) is 11.5 Å². The SMILES string of the molecule is C=C(C)C1CCC(C)=CC1c1c(O)cc(CCCCC)cc1OC(C)(C)OP(=O)([O-])O.N. The third-order valence-corrected chi connectivity index (χ3v) is 6.32. The number of ether oxygens (including phenoxy) is 1. The lowest BCUT2D eigenvalue weighted by atomic mass is 9.73. The molecule has 1 aromatic rings. The summed E-state index contributed by atoms with van der Waals surface area (Å²) in [4.78, 5) is 20.5. The maximum absolute atomic E-state index is 11.3. The van der Waals surface area contributed by atoms with Crippen LogP contribution in [-0.4, -0.2) is 15.8 Å². The lowest BCUT2D eigenvalue weighted by molar-refractivity contribution is -0.245. The monoisotopic (exact) mass is 468 g/mol. The smallest absolute Gasteiger partial charge is 0.268 e. The molecule has 0 bridgehead atoms. The molecule has 8 heteroatoms. The van der Waals surface area contributed by atoms with Gasteiger partial charge in [0.15, 0.2) is 0 Å². The van der Waals surface area contributed by atoms with Gasteiger partial charge in [-0.2, -0.15) is 0 Å². The number of hydrogen-bond donors (Lipinski definition) is 3. The van der Waals surface area contributed by atoms with Crippen LogP contribution >= 0.6 is 7.82 Å². The van der Waals surface area contributed by atoms with E-state index in [4.69, 9.17) is 9.26 Å². The van der Waals surface area contributed by atoms with Gasteiger partial charge in [0.25, 0.3) is 7.82 Å². The number of phosphoric ester groups is 1. The Balaban J connectivity index is 0.00000512. The maximum atomic E-state index is 11.3. The zero-order valence-corrected chi connectivity index (χ0v) is 20.9. The van der Waals surface area contributed by atoms with Crippen molar-refractivity contribution in [3.05, 3.63) is 47.1 Å². The Morgan fingerprint density at radius 3 is 2.56 bits per heavy atom. The van der Waals surface area contributed by atoms with Crippen LogP contribution in [0.15, 0.2) is 35.9 Å². The fraction of sp³-hybridized carbons (Fsp3) is 0.583. The second-order valence-electron chi connectivity index (χ2n) is 9.08. The molecule has 5 N–H and O–H groups in total. The van der Waals surface area contributed by atoms with E-state index in [-0.39, 0.29) is 23.7 Å². The summed E-state index contributed by atoms with van der Waals surface area (Å²) in [5, 5.41) is 11.1. The number of phenolic OH excluding ortho intramolecular Hbond substituents is 1. The number of aryl methyl sites for hydroxylation is 1. The first kappa shape index (κ1) is 28.4. The Morgan fingerprint density at radius 1 is 1.34 bits per heavy atom. The van der Waals surface area contributed by atoms with Crippen LogP contribution in [0.2, 0.25) is 0 Å². The van der Waals surface area contributed by atoms with Crippen LogP contribution in [0, 0.1) is 5.92 Å². The number of allylic oxidation sites excluding steroid dienone is 3. The molecule has 0 aliphatic heterocycles.